The third kappa shape index (κ3) is 6.88. The molecule has 10 nitrogen and oxygen atoms in total. The fourth-order valence-electron chi connectivity index (χ4n) is 5.61. The van der Waals surface area contributed by atoms with E-state index < -0.39 is 28.7 Å². The van der Waals surface area contributed by atoms with E-state index in [9.17, 15) is 23.8 Å². The highest BCUT2D eigenvalue weighted by molar-refractivity contribution is 8.23. The van der Waals surface area contributed by atoms with Crippen LogP contribution in [0.5, 0.6) is 0 Å². The number of methoxy groups -OCH3 is 2. The molecule has 0 radical (unpaired) electrons. The average molecular weight is 647 g/mol. The maximum Gasteiger partial charge on any atom is 0.326 e. The molecule has 11 heteroatoms. The van der Waals surface area contributed by atoms with Crippen LogP contribution in [0.25, 0.3) is 16.5 Å². The number of rotatable bonds is 13. The van der Waals surface area contributed by atoms with Gasteiger partial charge in [-0.25, -0.2) is 8.77 Å². The lowest BCUT2D eigenvalue weighted by Gasteiger charge is -2.35. The summed E-state index contributed by atoms with van der Waals surface area (Å²) in [6, 6.07) is 22.8. The van der Waals surface area contributed by atoms with E-state index in [1.54, 1.807) is 68.8 Å². The molecule has 1 amide bonds. The van der Waals surface area contributed by atoms with Crippen LogP contribution in [0.15, 0.2) is 107 Å². The van der Waals surface area contributed by atoms with E-state index in [1.165, 1.54) is 10.0 Å². The van der Waals surface area contributed by atoms with Crippen molar-refractivity contribution in [1.29, 1.82) is 0 Å². The monoisotopic (exact) mass is 646 g/mol. The predicted molar refractivity (Wildman–Crippen MR) is 178 cm³/mol. The number of aromatic nitrogens is 1. The summed E-state index contributed by atoms with van der Waals surface area (Å²) in [4.78, 5) is 26.2. The molecule has 3 aromatic carbocycles. The predicted octanol–water partition coefficient (Wildman–Crippen LogP) is 6.38. The zero-order chi connectivity index (χ0) is 32.8. The van der Waals surface area contributed by atoms with E-state index in [2.05, 4.69) is 5.32 Å². The van der Waals surface area contributed by atoms with Crippen molar-refractivity contribution >= 4 is 39.1 Å². The minimum absolute atomic E-state index is 0.00118. The summed E-state index contributed by atoms with van der Waals surface area (Å²) >= 11 is 0. The Morgan fingerprint density at radius 3 is 2.35 bits per heavy atom. The van der Waals surface area contributed by atoms with Gasteiger partial charge in [-0.3, -0.25) is 13.9 Å². The smallest absolute Gasteiger partial charge is 0.326 e. The summed E-state index contributed by atoms with van der Waals surface area (Å²) in [7, 11) is -0.424. The highest BCUT2D eigenvalue weighted by Crippen LogP contribution is 2.52. The van der Waals surface area contributed by atoms with Crippen LogP contribution in [0.4, 0.5) is 0 Å². The number of carbonyl (C=O) groups is 2. The van der Waals surface area contributed by atoms with Crippen LogP contribution in [0.3, 0.4) is 0 Å². The van der Waals surface area contributed by atoms with Crippen LogP contribution in [0.2, 0.25) is 0 Å². The zero-order valence-electron chi connectivity index (χ0n) is 25.9. The number of nitrogens with one attached hydrogen (secondary N) is 1. The highest BCUT2D eigenvalue weighted by atomic mass is 32.3. The van der Waals surface area contributed by atoms with E-state index >= 15 is 0 Å². The van der Waals surface area contributed by atoms with Crippen molar-refractivity contribution in [1.82, 2.24) is 9.29 Å². The minimum Gasteiger partial charge on any atom is -0.496 e. The lowest BCUT2D eigenvalue weighted by molar-refractivity contribution is -0.139. The minimum atomic E-state index is -3.68. The number of aliphatic carboxylic acids is 1. The Balaban J connectivity index is 1.40. The van der Waals surface area contributed by atoms with Crippen LogP contribution in [0, 0.1) is 0 Å². The number of benzene rings is 3. The number of para-hydroxylation sites is 1. The SMILES string of the molecule is CCOCC1=CC(OC)=C(c2ccc(C[C@H](NC(=O)c3cc4ccccc4n3S(O)(O)c3ccccc3)C(=O)O)cc2)C(OC)C1. The molecule has 4 N–H and O–H groups in total. The maximum atomic E-state index is 13.7. The van der Waals surface area contributed by atoms with E-state index in [0.717, 1.165) is 16.7 Å². The molecule has 1 unspecified atom stereocenters. The molecule has 1 aliphatic rings. The molecule has 0 saturated carbocycles. The van der Waals surface area contributed by atoms with Crippen molar-refractivity contribution in [2.45, 2.75) is 36.8 Å². The number of ether oxygens (including phenoxy) is 3. The quantitative estimate of drug-likeness (QED) is 0.131. The van der Waals surface area contributed by atoms with E-state index in [0.29, 0.717) is 41.9 Å². The van der Waals surface area contributed by atoms with Gasteiger partial charge >= 0.3 is 5.97 Å². The molecule has 2 atom stereocenters. The Labute approximate surface area is 269 Å². The second-order valence-electron chi connectivity index (χ2n) is 10.8. The van der Waals surface area contributed by atoms with Gasteiger partial charge in [0.25, 0.3) is 5.91 Å². The summed E-state index contributed by atoms with van der Waals surface area (Å²) in [5.74, 6) is -1.29. The van der Waals surface area contributed by atoms with Gasteiger partial charge in [0.1, 0.15) is 17.5 Å². The molecule has 46 heavy (non-hydrogen) atoms. The molecule has 0 saturated heterocycles. The third-order valence-electron chi connectivity index (χ3n) is 7.89. The Kier molecular flexibility index (Phi) is 10.3. The van der Waals surface area contributed by atoms with E-state index in [4.69, 9.17) is 14.2 Å². The Bertz CT molecular complexity index is 1760. The molecule has 0 aliphatic heterocycles. The number of carbonyl (C=O) groups excluding carboxylic acids is 1. The van der Waals surface area contributed by atoms with Crippen LogP contribution in [0.1, 0.15) is 35.0 Å². The Morgan fingerprint density at radius 2 is 1.70 bits per heavy atom. The molecule has 5 rings (SSSR count). The molecule has 242 valence electrons. The first-order valence-electron chi connectivity index (χ1n) is 14.8. The van der Waals surface area contributed by atoms with Crippen molar-refractivity contribution < 1.29 is 38.0 Å². The molecule has 1 heterocycles. The number of carboxylic acid groups (broad SMARTS) is 1. The average Bonchev–Trinajstić information content (AvgIpc) is 3.48. The Hall–Kier alpha value is -4.39. The van der Waals surface area contributed by atoms with Gasteiger partial charge in [0.2, 0.25) is 0 Å². The normalized spacial score (nSPS) is 16.2. The number of hydrogen-bond donors (Lipinski definition) is 4. The van der Waals surface area contributed by atoms with Gasteiger partial charge in [0, 0.05) is 37.5 Å². The number of nitrogens with zero attached hydrogens (tertiary/aromatic N) is 1. The topological polar surface area (TPSA) is 139 Å². The van der Waals surface area contributed by atoms with Gasteiger partial charge in [-0.05, 0) is 54.0 Å². The van der Waals surface area contributed by atoms with Gasteiger partial charge in [0.05, 0.1) is 30.2 Å². The number of amides is 1. The molecule has 1 aliphatic carbocycles. The second kappa shape index (κ2) is 14.4. The lowest BCUT2D eigenvalue weighted by atomic mass is 9.88. The van der Waals surface area contributed by atoms with Crippen LogP contribution in [-0.2, 0) is 25.4 Å². The van der Waals surface area contributed by atoms with Crippen molar-refractivity contribution in [3.05, 3.63) is 119 Å². The first-order chi connectivity index (χ1) is 22.2. The van der Waals surface area contributed by atoms with Gasteiger partial charge < -0.3 is 24.6 Å². The molecule has 0 bridgehead atoms. The first-order valence-corrected chi connectivity index (χ1v) is 16.3. The maximum absolute atomic E-state index is 13.7. The molecular weight excluding hydrogens is 608 g/mol. The van der Waals surface area contributed by atoms with Crippen molar-refractivity contribution in [2.24, 2.45) is 0 Å². The van der Waals surface area contributed by atoms with Gasteiger partial charge in [-0.1, -0.05) is 71.4 Å². The van der Waals surface area contributed by atoms with E-state index in [1.807, 2.05) is 37.3 Å². The van der Waals surface area contributed by atoms with E-state index in [-0.39, 0.29) is 23.1 Å². The standard InChI is InChI=1S/C35H38N2O8S/c1-4-45-22-24-19-31(43-2)33(32(20-24)44-3)25-16-14-23(15-17-25)18-28(35(39)40)36-34(38)30-21-26-10-8-9-13-29(26)37(30)46(41,42)27-11-6-5-7-12-27/h5-17,19,21,28,32,41-42H,4,18,20,22H2,1-3H3,(H,36,38)(H,39,40)/t28-,32?/m0/s1. The zero-order valence-corrected chi connectivity index (χ0v) is 26.7. The molecule has 1 aromatic heterocycles. The number of fused-ring (bicyclic) bond motifs is 1. The van der Waals surface area contributed by atoms with Crippen LogP contribution >= 0.6 is 10.8 Å². The molecule has 0 fully saturated rings. The van der Waals surface area contributed by atoms with Crippen LogP contribution in [-0.4, -0.2) is 69.6 Å². The van der Waals surface area contributed by atoms with Crippen molar-refractivity contribution in [2.75, 3.05) is 27.4 Å². The largest absolute Gasteiger partial charge is 0.496 e. The number of allylic oxidation sites excluding steroid dienone is 1. The van der Waals surface area contributed by atoms with Crippen LogP contribution < -0.4 is 5.32 Å². The lowest BCUT2D eigenvalue weighted by Crippen LogP contribution is -2.43. The van der Waals surface area contributed by atoms with Crippen molar-refractivity contribution in [3.63, 3.8) is 0 Å². The summed E-state index contributed by atoms with van der Waals surface area (Å²) in [6.45, 7) is 3.04. The first kappa shape index (κ1) is 33.0. The fraction of sp³-hybridized carbons (Fsp3) is 0.257. The van der Waals surface area contributed by atoms with Gasteiger partial charge in [-0.15, -0.1) is 0 Å². The number of carboxylic acids is 1. The van der Waals surface area contributed by atoms with Gasteiger partial charge in [0.15, 0.2) is 0 Å². The summed E-state index contributed by atoms with van der Waals surface area (Å²) in [5.41, 5.74) is 3.86. The summed E-state index contributed by atoms with van der Waals surface area (Å²) in [5, 5.41) is 13.3. The third-order valence-corrected chi connectivity index (χ3v) is 9.69. The van der Waals surface area contributed by atoms with Crippen molar-refractivity contribution in [3.8, 4) is 0 Å². The fourth-order valence-corrected chi connectivity index (χ4v) is 7.20. The summed E-state index contributed by atoms with van der Waals surface area (Å²) < 4.78 is 41.0. The summed E-state index contributed by atoms with van der Waals surface area (Å²) in [6.07, 6.45) is 2.37. The molecule has 0 spiro atoms. The van der Waals surface area contributed by atoms with Gasteiger partial charge in [-0.2, -0.15) is 0 Å². The highest BCUT2D eigenvalue weighted by Gasteiger charge is 2.30. The molecule has 4 aromatic rings. The second-order valence-corrected chi connectivity index (χ2v) is 12.7. The number of hydrogen-bond acceptors (Lipinski definition) is 7. The molecular formula is C35H38N2O8S. The Morgan fingerprint density at radius 1 is 1.00 bits per heavy atom.